The number of aliphatic imine (C=N–C) groups is 1. The van der Waals surface area contributed by atoms with Crippen molar-refractivity contribution in [1.29, 1.82) is 0 Å². The minimum Gasteiger partial charge on any atom is -0.295 e. The fourth-order valence-electron chi connectivity index (χ4n) is 2.00. The van der Waals surface area contributed by atoms with Crippen molar-refractivity contribution in [3.63, 3.8) is 0 Å². The van der Waals surface area contributed by atoms with Crippen molar-refractivity contribution < 1.29 is 14.4 Å². The van der Waals surface area contributed by atoms with Gasteiger partial charge in [-0.1, -0.05) is 20.4 Å². The molecule has 6 heteroatoms. The van der Waals surface area contributed by atoms with Crippen molar-refractivity contribution >= 4 is 24.1 Å². The molecule has 20 heavy (non-hydrogen) atoms. The topological polar surface area (TPSA) is 78.8 Å². The molecule has 0 bridgehead atoms. The first-order valence-corrected chi connectivity index (χ1v) is 6.65. The van der Waals surface area contributed by atoms with Crippen LogP contribution in [0.25, 0.3) is 0 Å². The molecule has 0 spiro atoms. The summed E-state index contributed by atoms with van der Waals surface area (Å²) < 4.78 is 0. The molecule has 0 aromatic carbocycles. The molecule has 1 rings (SSSR count). The van der Waals surface area contributed by atoms with E-state index in [1.165, 1.54) is 18.2 Å². The second-order valence-electron chi connectivity index (χ2n) is 5.30. The third kappa shape index (κ3) is 4.60. The van der Waals surface area contributed by atoms with Crippen LogP contribution in [0.1, 0.15) is 40.0 Å². The Balaban J connectivity index is 2.77. The summed E-state index contributed by atoms with van der Waals surface area (Å²) >= 11 is 0. The minimum atomic E-state index is -0.680. The predicted molar refractivity (Wildman–Crippen MR) is 75.8 cm³/mol. The minimum absolute atomic E-state index is 0.223. The molecule has 1 N–H and O–H groups in total. The van der Waals surface area contributed by atoms with E-state index < -0.39 is 11.9 Å². The number of piperidine rings is 1. The second kappa shape index (κ2) is 6.98. The number of amides is 3. The molecular formula is C14H21N3O3. The Morgan fingerprint density at radius 3 is 2.70 bits per heavy atom. The van der Waals surface area contributed by atoms with Crippen molar-refractivity contribution in [2.45, 2.75) is 46.1 Å². The van der Waals surface area contributed by atoms with Gasteiger partial charge in [-0.2, -0.15) is 0 Å². The van der Waals surface area contributed by atoms with Gasteiger partial charge < -0.3 is 0 Å². The van der Waals surface area contributed by atoms with Crippen molar-refractivity contribution in [1.82, 2.24) is 10.2 Å². The summed E-state index contributed by atoms with van der Waals surface area (Å²) in [6.45, 7) is 9.26. The fourth-order valence-corrected chi connectivity index (χ4v) is 2.00. The summed E-state index contributed by atoms with van der Waals surface area (Å²) in [5, 5.41) is 2.23. The van der Waals surface area contributed by atoms with E-state index in [1.807, 2.05) is 13.8 Å². The third-order valence-electron chi connectivity index (χ3n) is 2.92. The maximum absolute atomic E-state index is 11.8. The molecule has 0 radical (unpaired) electrons. The Kier molecular flexibility index (Phi) is 5.61. The number of hydrogen-bond donors (Lipinski definition) is 1. The highest BCUT2D eigenvalue weighted by molar-refractivity contribution is 6.03. The Bertz CT molecular complexity index is 455. The molecule has 6 nitrogen and oxygen atoms in total. The van der Waals surface area contributed by atoms with Gasteiger partial charge in [-0.3, -0.25) is 24.6 Å². The van der Waals surface area contributed by atoms with Crippen LogP contribution in [0, 0.1) is 5.92 Å². The predicted octanol–water partition coefficient (Wildman–Crippen LogP) is 1.23. The van der Waals surface area contributed by atoms with E-state index in [0.29, 0.717) is 18.0 Å². The van der Waals surface area contributed by atoms with Gasteiger partial charge >= 0.3 is 0 Å². The SMILES string of the molecule is C=C(CC(C)C)N=CN(C(C)=O)C1CCC(=O)NC1=O. The van der Waals surface area contributed by atoms with Crippen LogP contribution in [0.3, 0.4) is 0 Å². The van der Waals surface area contributed by atoms with Gasteiger partial charge in [0.25, 0.3) is 0 Å². The standard InChI is InChI=1S/C14H21N3O3/c1-9(2)7-10(3)15-8-17(11(4)18)12-5-6-13(19)16-14(12)20/h8-9,12H,3,5-7H2,1-2,4H3,(H,16,19,20). The van der Waals surface area contributed by atoms with Crippen LogP contribution in [0.5, 0.6) is 0 Å². The first-order valence-electron chi connectivity index (χ1n) is 6.65. The van der Waals surface area contributed by atoms with Crippen LogP contribution >= 0.6 is 0 Å². The summed E-state index contributed by atoms with van der Waals surface area (Å²) in [5.41, 5.74) is 0.651. The highest BCUT2D eigenvalue weighted by atomic mass is 16.2. The Labute approximate surface area is 118 Å². The first-order chi connectivity index (χ1) is 9.31. The van der Waals surface area contributed by atoms with Gasteiger partial charge in [-0.05, 0) is 18.8 Å². The van der Waals surface area contributed by atoms with E-state index in [9.17, 15) is 14.4 Å². The molecule has 1 heterocycles. The lowest BCUT2D eigenvalue weighted by molar-refractivity contribution is -0.141. The Morgan fingerprint density at radius 2 is 2.20 bits per heavy atom. The summed E-state index contributed by atoms with van der Waals surface area (Å²) in [5.74, 6) is -0.644. The lowest BCUT2D eigenvalue weighted by atomic mass is 10.0. The normalized spacial score (nSPS) is 19.3. The number of allylic oxidation sites excluding steroid dienone is 1. The highest BCUT2D eigenvalue weighted by Gasteiger charge is 2.32. The molecule has 0 saturated carbocycles. The Morgan fingerprint density at radius 1 is 1.55 bits per heavy atom. The second-order valence-corrected chi connectivity index (χ2v) is 5.30. The average molecular weight is 279 g/mol. The van der Waals surface area contributed by atoms with E-state index in [-0.39, 0.29) is 18.2 Å². The zero-order chi connectivity index (χ0) is 15.3. The molecule has 0 aliphatic carbocycles. The van der Waals surface area contributed by atoms with Crippen molar-refractivity contribution in [3.05, 3.63) is 12.3 Å². The molecule has 0 aromatic rings. The van der Waals surface area contributed by atoms with Gasteiger partial charge in [0.1, 0.15) is 6.04 Å². The summed E-state index contributed by atoms with van der Waals surface area (Å²) in [4.78, 5) is 39.9. The molecule has 110 valence electrons. The molecular weight excluding hydrogens is 258 g/mol. The van der Waals surface area contributed by atoms with Crippen molar-refractivity contribution in [3.8, 4) is 0 Å². The van der Waals surface area contributed by atoms with Crippen LogP contribution in [0.4, 0.5) is 0 Å². The van der Waals surface area contributed by atoms with Gasteiger partial charge in [0, 0.05) is 19.0 Å². The summed E-state index contributed by atoms with van der Waals surface area (Å²) in [6, 6.07) is -0.680. The van der Waals surface area contributed by atoms with E-state index in [1.54, 1.807) is 0 Å². The highest BCUT2D eigenvalue weighted by Crippen LogP contribution is 2.13. The van der Waals surface area contributed by atoms with Gasteiger partial charge in [0.05, 0.1) is 6.34 Å². The summed E-state index contributed by atoms with van der Waals surface area (Å²) in [6.07, 6.45) is 2.60. The Hall–Kier alpha value is -1.98. The first kappa shape index (κ1) is 16.1. The number of imide groups is 1. The zero-order valence-corrected chi connectivity index (χ0v) is 12.2. The fraction of sp³-hybridized carbons (Fsp3) is 0.571. The maximum atomic E-state index is 11.8. The monoisotopic (exact) mass is 279 g/mol. The van der Waals surface area contributed by atoms with Gasteiger partial charge in [0.2, 0.25) is 17.7 Å². The van der Waals surface area contributed by atoms with Crippen LogP contribution in [-0.2, 0) is 14.4 Å². The van der Waals surface area contributed by atoms with E-state index in [2.05, 4.69) is 16.9 Å². The number of nitrogens with zero attached hydrogens (tertiary/aromatic N) is 2. The van der Waals surface area contributed by atoms with Crippen molar-refractivity contribution in [2.75, 3.05) is 0 Å². The zero-order valence-electron chi connectivity index (χ0n) is 12.2. The number of carbonyl (C=O) groups is 3. The van der Waals surface area contributed by atoms with Crippen LogP contribution in [-0.4, -0.2) is 35.0 Å². The van der Waals surface area contributed by atoms with E-state index >= 15 is 0 Å². The molecule has 3 amide bonds. The summed E-state index contributed by atoms with van der Waals surface area (Å²) in [7, 11) is 0. The van der Waals surface area contributed by atoms with E-state index in [0.717, 1.165) is 6.42 Å². The largest absolute Gasteiger partial charge is 0.295 e. The number of rotatable bonds is 5. The molecule has 1 aliphatic heterocycles. The lowest BCUT2D eigenvalue weighted by Crippen LogP contribution is -2.53. The van der Waals surface area contributed by atoms with Gasteiger partial charge in [-0.25, -0.2) is 4.99 Å². The maximum Gasteiger partial charge on any atom is 0.249 e. The molecule has 1 fully saturated rings. The number of hydrogen-bond acceptors (Lipinski definition) is 4. The van der Waals surface area contributed by atoms with E-state index in [4.69, 9.17) is 0 Å². The van der Waals surface area contributed by atoms with Crippen LogP contribution < -0.4 is 5.32 Å². The van der Waals surface area contributed by atoms with Gasteiger partial charge in [-0.15, -0.1) is 0 Å². The van der Waals surface area contributed by atoms with Crippen molar-refractivity contribution in [2.24, 2.45) is 10.9 Å². The average Bonchev–Trinajstić information content (AvgIpc) is 2.30. The molecule has 1 aliphatic rings. The lowest BCUT2D eigenvalue weighted by Gasteiger charge is -2.28. The smallest absolute Gasteiger partial charge is 0.249 e. The molecule has 1 saturated heterocycles. The molecule has 1 unspecified atom stereocenters. The van der Waals surface area contributed by atoms with Gasteiger partial charge in [0.15, 0.2) is 0 Å². The van der Waals surface area contributed by atoms with Crippen LogP contribution in [0.2, 0.25) is 0 Å². The number of carbonyl (C=O) groups excluding carboxylic acids is 3. The third-order valence-corrected chi connectivity index (χ3v) is 2.92. The molecule has 1 atom stereocenters. The molecule has 0 aromatic heterocycles. The number of nitrogens with one attached hydrogen (secondary N) is 1. The van der Waals surface area contributed by atoms with Crippen LogP contribution in [0.15, 0.2) is 17.3 Å². The quantitative estimate of drug-likeness (QED) is 0.467.